The molecular weight excluding hydrogens is 194 g/mol. The van der Waals surface area contributed by atoms with Crippen molar-refractivity contribution in [1.82, 2.24) is 4.98 Å². The van der Waals surface area contributed by atoms with Crippen LogP contribution in [0.2, 0.25) is 0 Å². The van der Waals surface area contributed by atoms with E-state index < -0.39 is 4.92 Å². The van der Waals surface area contributed by atoms with Gasteiger partial charge in [-0.2, -0.15) is 0 Å². The van der Waals surface area contributed by atoms with Crippen LogP contribution in [0.5, 0.6) is 0 Å². The lowest BCUT2D eigenvalue weighted by atomic mass is 9.88. The van der Waals surface area contributed by atoms with Gasteiger partial charge in [0.1, 0.15) is 6.20 Å². The van der Waals surface area contributed by atoms with Crippen molar-refractivity contribution in [3.8, 4) is 0 Å². The van der Waals surface area contributed by atoms with Gasteiger partial charge in [-0.1, -0.05) is 13.8 Å². The predicted octanol–water partition coefficient (Wildman–Crippen LogP) is 1.52. The summed E-state index contributed by atoms with van der Waals surface area (Å²) in [4.78, 5) is 14.0. The second-order valence-corrected chi connectivity index (χ2v) is 4.31. The second kappa shape index (κ2) is 4.35. The Labute approximate surface area is 88.5 Å². The average Bonchev–Trinajstić information content (AvgIpc) is 2.18. The van der Waals surface area contributed by atoms with Gasteiger partial charge in [-0.3, -0.25) is 15.1 Å². The summed E-state index contributed by atoms with van der Waals surface area (Å²) in [5.74, 6) is 0. The highest BCUT2D eigenvalue weighted by Crippen LogP contribution is 2.19. The smallest absolute Gasteiger partial charge is 0.287 e. The number of hydrogen-bond donors (Lipinski definition) is 1. The maximum atomic E-state index is 10.4. The van der Waals surface area contributed by atoms with Crippen molar-refractivity contribution in [1.29, 1.82) is 0 Å². The first-order valence-corrected chi connectivity index (χ1v) is 4.74. The van der Waals surface area contributed by atoms with Crippen LogP contribution in [0.15, 0.2) is 18.3 Å². The number of hydrogen-bond acceptors (Lipinski definition) is 4. The van der Waals surface area contributed by atoms with E-state index in [0.717, 1.165) is 12.1 Å². The van der Waals surface area contributed by atoms with E-state index in [1.165, 1.54) is 12.3 Å². The van der Waals surface area contributed by atoms with Crippen molar-refractivity contribution in [2.45, 2.75) is 20.3 Å². The summed E-state index contributed by atoms with van der Waals surface area (Å²) >= 11 is 0. The normalized spacial score (nSPS) is 11.4. The van der Waals surface area contributed by atoms with E-state index in [9.17, 15) is 10.1 Å². The van der Waals surface area contributed by atoms with Crippen molar-refractivity contribution >= 4 is 5.69 Å². The Morgan fingerprint density at radius 3 is 2.60 bits per heavy atom. The van der Waals surface area contributed by atoms with E-state index in [0.29, 0.717) is 6.54 Å². The van der Waals surface area contributed by atoms with E-state index in [1.807, 2.05) is 13.8 Å². The Hall–Kier alpha value is -1.49. The number of nitro groups is 1. The maximum absolute atomic E-state index is 10.4. The van der Waals surface area contributed by atoms with Crippen LogP contribution in [0.3, 0.4) is 0 Å². The van der Waals surface area contributed by atoms with Gasteiger partial charge in [0.2, 0.25) is 0 Å². The lowest BCUT2D eigenvalue weighted by Gasteiger charge is -2.21. The van der Waals surface area contributed by atoms with Gasteiger partial charge in [-0.15, -0.1) is 0 Å². The minimum atomic E-state index is -0.454. The number of pyridine rings is 1. The number of rotatable bonds is 4. The molecule has 0 bridgehead atoms. The van der Waals surface area contributed by atoms with Crippen LogP contribution in [0.1, 0.15) is 19.5 Å². The number of nitrogens with zero attached hydrogens (tertiary/aromatic N) is 2. The quantitative estimate of drug-likeness (QED) is 0.602. The van der Waals surface area contributed by atoms with Crippen molar-refractivity contribution in [2.24, 2.45) is 11.1 Å². The Bertz CT molecular complexity index is 346. The average molecular weight is 209 g/mol. The summed E-state index contributed by atoms with van der Waals surface area (Å²) in [7, 11) is 0. The molecule has 0 aliphatic carbocycles. The summed E-state index contributed by atoms with van der Waals surface area (Å²) < 4.78 is 0. The Morgan fingerprint density at radius 2 is 2.20 bits per heavy atom. The van der Waals surface area contributed by atoms with Gasteiger partial charge >= 0.3 is 0 Å². The van der Waals surface area contributed by atoms with Crippen LogP contribution in [-0.4, -0.2) is 16.5 Å². The van der Waals surface area contributed by atoms with E-state index in [-0.39, 0.29) is 11.1 Å². The standard InChI is InChI=1S/C10H15N3O2/c1-10(2,7-11)5-8-3-4-9(6-12-8)13(14)15/h3-4,6H,5,7,11H2,1-2H3. The molecule has 1 aromatic heterocycles. The molecule has 0 saturated heterocycles. The minimum absolute atomic E-state index is 0.0179. The summed E-state index contributed by atoms with van der Waals surface area (Å²) in [6.45, 7) is 4.64. The molecule has 15 heavy (non-hydrogen) atoms. The molecule has 5 nitrogen and oxygen atoms in total. The molecular formula is C10H15N3O2. The summed E-state index contributed by atoms with van der Waals surface area (Å²) in [6, 6.07) is 3.14. The van der Waals surface area contributed by atoms with Gasteiger partial charge in [0.15, 0.2) is 0 Å². The molecule has 0 aliphatic heterocycles. The van der Waals surface area contributed by atoms with Crippen LogP contribution in [-0.2, 0) is 6.42 Å². The third-order valence-electron chi connectivity index (χ3n) is 2.23. The monoisotopic (exact) mass is 209 g/mol. The fourth-order valence-electron chi connectivity index (χ4n) is 1.19. The molecule has 1 heterocycles. The molecule has 0 saturated carbocycles. The zero-order chi connectivity index (χ0) is 11.5. The maximum Gasteiger partial charge on any atom is 0.287 e. The molecule has 5 heteroatoms. The SMILES string of the molecule is CC(C)(CN)Cc1ccc([N+](=O)[O-])cn1. The van der Waals surface area contributed by atoms with E-state index in [1.54, 1.807) is 6.07 Å². The van der Waals surface area contributed by atoms with Crippen molar-refractivity contribution in [3.63, 3.8) is 0 Å². The molecule has 0 atom stereocenters. The van der Waals surface area contributed by atoms with E-state index >= 15 is 0 Å². The lowest BCUT2D eigenvalue weighted by Crippen LogP contribution is -2.26. The topological polar surface area (TPSA) is 82.0 Å². The van der Waals surface area contributed by atoms with Gasteiger partial charge in [0.25, 0.3) is 5.69 Å². The zero-order valence-corrected chi connectivity index (χ0v) is 8.93. The third kappa shape index (κ3) is 3.28. The Morgan fingerprint density at radius 1 is 1.53 bits per heavy atom. The first-order valence-electron chi connectivity index (χ1n) is 4.74. The highest BCUT2D eigenvalue weighted by molar-refractivity contribution is 5.27. The van der Waals surface area contributed by atoms with Crippen molar-refractivity contribution < 1.29 is 4.92 Å². The van der Waals surface area contributed by atoms with Gasteiger partial charge in [0, 0.05) is 11.8 Å². The highest BCUT2D eigenvalue weighted by atomic mass is 16.6. The lowest BCUT2D eigenvalue weighted by molar-refractivity contribution is -0.385. The summed E-state index contributed by atoms with van der Waals surface area (Å²) in [6.07, 6.45) is 2.00. The minimum Gasteiger partial charge on any atom is -0.330 e. The molecule has 1 rings (SSSR count). The summed E-state index contributed by atoms with van der Waals surface area (Å²) in [5.41, 5.74) is 6.42. The first kappa shape index (κ1) is 11.6. The molecule has 0 fully saturated rings. The van der Waals surface area contributed by atoms with Crippen LogP contribution < -0.4 is 5.73 Å². The fraction of sp³-hybridized carbons (Fsp3) is 0.500. The molecule has 0 radical (unpaired) electrons. The van der Waals surface area contributed by atoms with Gasteiger partial charge in [-0.05, 0) is 24.4 Å². The molecule has 0 spiro atoms. The van der Waals surface area contributed by atoms with Crippen LogP contribution in [0.25, 0.3) is 0 Å². The predicted molar refractivity (Wildman–Crippen MR) is 57.4 cm³/mol. The molecule has 0 aliphatic rings. The van der Waals surface area contributed by atoms with E-state index in [4.69, 9.17) is 5.73 Å². The van der Waals surface area contributed by atoms with Crippen LogP contribution >= 0.6 is 0 Å². The Kier molecular flexibility index (Phi) is 3.36. The first-order chi connectivity index (χ1) is 6.94. The molecule has 2 N–H and O–H groups in total. The highest BCUT2D eigenvalue weighted by Gasteiger charge is 2.17. The Balaban J connectivity index is 2.77. The van der Waals surface area contributed by atoms with Crippen LogP contribution in [0, 0.1) is 15.5 Å². The second-order valence-electron chi connectivity index (χ2n) is 4.31. The van der Waals surface area contributed by atoms with Crippen LogP contribution in [0.4, 0.5) is 5.69 Å². The molecule has 0 amide bonds. The molecule has 0 unspecified atom stereocenters. The number of aromatic nitrogens is 1. The molecule has 0 aromatic carbocycles. The largest absolute Gasteiger partial charge is 0.330 e. The zero-order valence-electron chi connectivity index (χ0n) is 8.93. The van der Waals surface area contributed by atoms with E-state index in [2.05, 4.69) is 4.98 Å². The van der Waals surface area contributed by atoms with Crippen molar-refractivity contribution in [3.05, 3.63) is 34.1 Å². The van der Waals surface area contributed by atoms with Gasteiger partial charge in [0.05, 0.1) is 4.92 Å². The van der Waals surface area contributed by atoms with Gasteiger partial charge < -0.3 is 5.73 Å². The fourth-order valence-corrected chi connectivity index (χ4v) is 1.19. The molecule has 1 aromatic rings. The van der Waals surface area contributed by atoms with Crippen molar-refractivity contribution in [2.75, 3.05) is 6.54 Å². The summed E-state index contributed by atoms with van der Waals surface area (Å²) in [5, 5.41) is 10.4. The third-order valence-corrected chi connectivity index (χ3v) is 2.23. The molecule has 82 valence electrons. The number of nitrogens with two attached hydrogens (primary N) is 1. The van der Waals surface area contributed by atoms with Gasteiger partial charge in [-0.25, -0.2) is 0 Å².